The van der Waals surface area contributed by atoms with Gasteiger partial charge in [0.2, 0.25) is 5.91 Å². The minimum atomic E-state index is -0.332. The molecule has 0 aliphatic carbocycles. The summed E-state index contributed by atoms with van der Waals surface area (Å²) in [6.07, 6.45) is 0. The van der Waals surface area contributed by atoms with Crippen LogP contribution in [0.3, 0.4) is 0 Å². The average molecular weight is 289 g/mol. The van der Waals surface area contributed by atoms with E-state index < -0.39 is 0 Å². The lowest BCUT2D eigenvalue weighted by molar-refractivity contribution is -0.115. The average Bonchev–Trinajstić information content (AvgIpc) is 2.34. The minimum absolute atomic E-state index is 0.266. The standard InChI is InChI=1S/C12H17ClN2O2S/c1-17-5-4-15-7-9-2-3-10(6-11(9)13)18-8-12(14)16/h2-3,6,15H,4-5,7-8H2,1H3,(H2,14,16). The van der Waals surface area contributed by atoms with Crippen LogP contribution in [0.1, 0.15) is 5.56 Å². The summed E-state index contributed by atoms with van der Waals surface area (Å²) in [4.78, 5) is 11.6. The summed E-state index contributed by atoms with van der Waals surface area (Å²) < 4.78 is 4.94. The molecule has 0 saturated heterocycles. The molecule has 18 heavy (non-hydrogen) atoms. The molecule has 0 bridgehead atoms. The van der Waals surface area contributed by atoms with E-state index in [0.717, 1.165) is 17.0 Å². The number of nitrogens with one attached hydrogen (secondary N) is 1. The zero-order chi connectivity index (χ0) is 13.4. The van der Waals surface area contributed by atoms with Gasteiger partial charge in [0.1, 0.15) is 0 Å². The predicted octanol–water partition coefficient (Wildman–Crippen LogP) is 1.65. The van der Waals surface area contributed by atoms with E-state index in [-0.39, 0.29) is 11.7 Å². The summed E-state index contributed by atoms with van der Waals surface area (Å²) in [6.45, 7) is 2.15. The molecule has 6 heteroatoms. The summed E-state index contributed by atoms with van der Waals surface area (Å²) in [6, 6.07) is 5.74. The number of primary amides is 1. The lowest BCUT2D eigenvalue weighted by Gasteiger charge is -2.08. The fourth-order valence-corrected chi connectivity index (χ4v) is 2.30. The Kier molecular flexibility index (Phi) is 7.12. The molecule has 0 aliphatic rings. The van der Waals surface area contributed by atoms with Gasteiger partial charge < -0.3 is 15.8 Å². The van der Waals surface area contributed by atoms with Gasteiger partial charge in [-0.05, 0) is 17.7 Å². The Morgan fingerprint density at radius 2 is 2.33 bits per heavy atom. The normalized spacial score (nSPS) is 10.6. The Morgan fingerprint density at radius 3 is 2.94 bits per heavy atom. The van der Waals surface area contributed by atoms with Gasteiger partial charge in [-0.15, -0.1) is 11.8 Å². The Labute approximate surface area is 116 Å². The topological polar surface area (TPSA) is 64.3 Å². The lowest BCUT2D eigenvalue weighted by Crippen LogP contribution is -2.18. The molecular formula is C12H17ClN2O2S. The number of rotatable bonds is 8. The Hall–Kier alpha value is -0.750. The van der Waals surface area contributed by atoms with Crippen LogP contribution in [-0.2, 0) is 16.1 Å². The van der Waals surface area contributed by atoms with Gasteiger partial charge in [-0.25, -0.2) is 0 Å². The largest absolute Gasteiger partial charge is 0.383 e. The molecule has 1 amide bonds. The van der Waals surface area contributed by atoms with Gasteiger partial charge in [-0.1, -0.05) is 17.7 Å². The molecule has 0 heterocycles. The maximum Gasteiger partial charge on any atom is 0.227 e. The van der Waals surface area contributed by atoms with Crippen molar-refractivity contribution in [3.8, 4) is 0 Å². The fraction of sp³-hybridized carbons (Fsp3) is 0.417. The van der Waals surface area contributed by atoms with Gasteiger partial charge in [0.15, 0.2) is 0 Å². The number of carbonyl (C=O) groups excluding carboxylic acids is 1. The molecule has 100 valence electrons. The highest BCUT2D eigenvalue weighted by Gasteiger charge is 2.03. The molecule has 1 rings (SSSR count). The zero-order valence-electron chi connectivity index (χ0n) is 10.2. The second-order valence-corrected chi connectivity index (χ2v) is 5.13. The molecule has 0 atom stereocenters. The van der Waals surface area contributed by atoms with Gasteiger partial charge in [-0.2, -0.15) is 0 Å². The van der Waals surface area contributed by atoms with Crippen molar-refractivity contribution in [2.24, 2.45) is 5.73 Å². The summed E-state index contributed by atoms with van der Waals surface area (Å²) in [5.74, 6) is -0.0664. The summed E-state index contributed by atoms with van der Waals surface area (Å²) in [5.41, 5.74) is 6.11. The van der Waals surface area contributed by atoms with E-state index in [2.05, 4.69) is 5.32 Å². The van der Waals surface area contributed by atoms with Gasteiger partial charge in [-0.3, -0.25) is 4.79 Å². The first kappa shape index (κ1) is 15.3. The predicted molar refractivity (Wildman–Crippen MR) is 75.0 cm³/mol. The van der Waals surface area contributed by atoms with E-state index in [4.69, 9.17) is 22.1 Å². The van der Waals surface area contributed by atoms with Crippen molar-refractivity contribution in [3.05, 3.63) is 28.8 Å². The Bertz CT molecular complexity index is 402. The van der Waals surface area contributed by atoms with Gasteiger partial charge in [0.05, 0.1) is 12.4 Å². The van der Waals surface area contributed by atoms with Crippen molar-refractivity contribution in [1.82, 2.24) is 5.32 Å². The minimum Gasteiger partial charge on any atom is -0.383 e. The van der Waals surface area contributed by atoms with Gasteiger partial charge >= 0.3 is 0 Å². The van der Waals surface area contributed by atoms with Crippen LogP contribution in [0.25, 0.3) is 0 Å². The van der Waals surface area contributed by atoms with Crippen molar-refractivity contribution in [2.75, 3.05) is 26.0 Å². The van der Waals surface area contributed by atoms with Crippen molar-refractivity contribution >= 4 is 29.3 Å². The van der Waals surface area contributed by atoms with Crippen molar-refractivity contribution in [3.63, 3.8) is 0 Å². The molecule has 0 saturated carbocycles. The zero-order valence-corrected chi connectivity index (χ0v) is 11.8. The number of ether oxygens (including phenoxy) is 1. The van der Waals surface area contributed by atoms with Crippen LogP contribution in [0.15, 0.2) is 23.1 Å². The number of hydrogen-bond acceptors (Lipinski definition) is 4. The van der Waals surface area contributed by atoms with Crippen molar-refractivity contribution in [1.29, 1.82) is 0 Å². The van der Waals surface area contributed by atoms with E-state index in [1.165, 1.54) is 11.8 Å². The van der Waals surface area contributed by atoms with Gasteiger partial charge in [0, 0.05) is 30.1 Å². The van der Waals surface area contributed by atoms with Crippen LogP contribution < -0.4 is 11.1 Å². The van der Waals surface area contributed by atoms with E-state index in [1.54, 1.807) is 7.11 Å². The number of amides is 1. The van der Waals surface area contributed by atoms with E-state index >= 15 is 0 Å². The maximum absolute atomic E-state index is 10.7. The molecule has 3 N–H and O–H groups in total. The monoisotopic (exact) mass is 288 g/mol. The first-order valence-electron chi connectivity index (χ1n) is 5.52. The first-order chi connectivity index (χ1) is 8.63. The van der Waals surface area contributed by atoms with Gasteiger partial charge in [0.25, 0.3) is 0 Å². The van der Waals surface area contributed by atoms with E-state index in [9.17, 15) is 4.79 Å². The number of methoxy groups -OCH3 is 1. The third-order valence-electron chi connectivity index (χ3n) is 2.20. The molecular weight excluding hydrogens is 272 g/mol. The quantitative estimate of drug-likeness (QED) is 0.564. The van der Waals surface area contributed by atoms with Crippen molar-refractivity contribution in [2.45, 2.75) is 11.4 Å². The van der Waals surface area contributed by atoms with Crippen LogP contribution in [0, 0.1) is 0 Å². The van der Waals surface area contributed by atoms with Crippen LogP contribution in [0.4, 0.5) is 0 Å². The molecule has 0 aliphatic heterocycles. The molecule has 0 radical (unpaired) electrons. The molecule has 1 aromatic carbocycles. The third kappa shape index (κ3) is 5.73. The van der Waals surface area contributed by atoms with Crippen LogP contribution in [-0.4, -0.2) is 31.9 Å². The maximum atomic E-state index is 10.7. The Balaban J connectivity index is 2.48. The molecule has 0 fully saturated rings. The van der Waals surface area contributed by atoms with E-state index in [1.807, 2.05) is 18.2 Å². The summed E-state index contributed by atoms with van der Waals surface area (Å²) in [5, 5.41) is 3.91. The van der Waals surface area contributed by atoms with Crippen LogP contribution in [0.5, 0.6) is 0 Å². The molecule has 0 aromatic heterocycles. The molecule has 1 aromatic rings. The highest BCUT2D eigenvalue weighted by atomic mass is 35.5. The number of benzene rings is 1. The highest BCUT2D eigenvalue weighted by Crippen LogP contribution is 2.24. The van der Waals surface area contributed by atoms with Crippen LogP contribution >= 0.6 is 23.4 Å². The smallest absolute Gasteiger partial charge is 0.227 e. The molecule has 4 nitrogen and oxygen atoms in total. The second-order valence-electron chi connectivity index (χ2n) is 3.68. The molecule has 0 unspecified atom stereocenters. The number of nitrogens with two attached hydrogens (primary N) is 1. The Morgan fingerprint density at radius 1 is 1.56 bits per heavy atom. The SMILES string of the molecule is COCCNCc1ccc(SCC(N)=O)cc1Cl. The first-order valence-corrected chi connectivity index (χ1v) is 6.89. The number of thioether (sulfide) groups is 1. The fourth-order valence-electron chi connectivity index (χ4n) is 1.31. The highest BCUT2D eigenvalue weighted by molar-refractivity contribution is 8.00. The van der Waals surface area contributed by atoms with Crippen LogP contribution in [0.2, 0.25) is 5.02 Å². The van der Waals surface area contributed by atoms with E-state index in [0.29, 0.717) is 18.2 Å². The second kappa shape index (κ2) is 8.37. The van der Waals surface area contributed by atoms with Crippen molar-refractivity contribution < 1.29 is 9.53 Å². The number of halogens is 1. The lowest BCUT2D eigenvalue weighted by atomic mass is 10.2. The summed E-state index contributed by atoms with van der Waals surface area (Å²) >= 11 is 7.54. The number of carbonyl (C=O) groups is 1. The summed E-state index contributed by atoms with van der Waals surface area (Å²) in [7, 11) is 1.67. The number of hydrogen-bond donors (Lipinski definition) is 2. The molecule has 0 spiro atoms. The third-order valence-corrected chi connectivity index (χ3v) is 3.57.